The fourth-order valence-electron chi connectivity index (χ4n) is 6.33. The third-order valence-corrected chi connectivity index (χ3v) is 10.2. The Hall–Kier alpha value is -4.10. The number of carbonyl (C=O) groups is 5. The molecule has 16 heteroatoms. The number of fused-ring (bicyclic) bond motifs is 1. The maximum Gasteiger partial charge on any atom is 0.362 e. The highest BCUT2D eigenvalue weighted by Crippen LogP contribution is 2.38. The second kappa shape index (κ2) is 21.6. The van der Waals surface area contributed by atoms with Crippen LogP contribution < -0.4 is 15.0 Å². The summed E-state index contributed by atoms with van der Waals surface area (Å²) < 4.78 is 38.5. The lowest BCUT2D eigenvalue weighted by Crippen LogP contribution is -2.57. The summed E-state index contributed by atoms with van der Waals surface area (Å²) in [6.07, 6.45) is 3.87. The molecule has 1 N–H and O–H groups in total. The molecule has 2 atom stereocenters. The Kier molecular flexibility index (Phi) is 17.3. The Labute approximate surface area is 347 Å². The normalized spacial score (nSPS) is 16.5. The largest absolute Gasteiger partial charge is 0.463 e. The van der Waals surface area contributed by atoms with Crippen molar-refractivity contribution in [2.75, 3.05) is 85.6 Å². The first-order valence-corrected chi connectivity index (χ1v) is 19.9. The summed E-state index contributed by atoms with van der Waals surface area (Å²) in [6.45, 7) is 7.24. The fraction of sp³-hybridized carbons (Fsp3) is 0.537. The van der Waals surface area contributed by atoms with Gasteiger partial charge in [0.1, 0.15) is 31.0 Å². The van der Waals surface area contributed by atoms with E-state index in [4.69, 9.17) is 33.2 Å². The molecule has 0 unspecified atom stereocenters. The molecule has 57 heavy (non-hydrogen) atoms. The van der Waals surface area contributed by atoms with E-state index in [0.717, 1.165) is 9.26 Å². The van der Waals surface area contributed by atoms with E-state index < -0.39 is 40.9 Å². The van der Waals surface area contributed by atoms with E-state index in [-0.39, 0.29) is 50.4 Å². The lowest BCUT2D eigenvalue weighted by atomic mass is 9.85. The fourth-order valence-corrected chi connectivity index (χ4v) is 6.69. The number of carbonyl (C=O) groups excluding carboxylic acids is 5. The number of hydrogen-bond acceptors (Lipinski definition) is 12. The number of halogens is 1. The van der Waals surface area contributed by atoms with Crippen molar-refractivity contribution in [3.05, 3.63) is 63.2 Å². The molecule has 1 saturated heterocycles. The lowest BCUT2D eigenvalue weighted by Gasteiger charge is -2.36. The monoisotopic (exact) mass is 907 g/mol. The highest BCUT2D eigenvalue weighted by molar-refractivity contribution is 14.1. The number of nitrogens with zero attached hydrogens (tertiary/aromatic N) is 2. The molecule has 0 aliphatic carbocycles. The van der Waals surface area contributed by atoms with Crippen molar-refractivity contribution in [1.82, 2.24) is 10.2 Å². The minimum absolute atomic E-state index is 0.0844. The molecule has 4 rings (SSSR count). The molecular formula is C41H54IN3O12. The van der Waals surface area contributed by atoms with Crippen LogP contribution in [-0.4, -0.2) is 133 Å². The van der Waals surface area contributed by atoms with Crippen molar-refractivity contribution < 1.29 is 57.1 Å². The first-order chi connectivity index (χ1) is 27.2. The Morgan fingerprint density at radius 3 is 2.09 bits per heavy atom. The number of anilines is 1. The van der Waals surface area contributed by atoms with E-state index in [0.29, 0.717) is 56.9 Å². The molecule has 0 aromatic heterocycles. The van der Waals surface area contributed by atoms with Crippen LogP contribution in [0.2, 0.25) is 0 Å². The van der Waals surface area contributed by atoms with Gasteiger partial charge in [0, 0.05) is 55.1 Å². The van der Waals surface area contributed by atoms with Crippen LogP contribution in [0.1, 0.15) is 44.7 Å². The van der Waals surface area contributed by atoms with Gasteiger partial charge in [-0.3, -0.25) is 14.4 Å². The van der Waals surface area contributed by atoms with Crippen molar-refractivity contribution in [2.24, 2.45) is 5.41 Å². The summed E-state index contributed by atoms with van der Waals surface area (Å²) in [5.74, 6) is -2.62. The maximum atomic E-state index is 14.1. The molecule has 0 spiro atoms. The van der Waals surface area contributed by atoms with Crippen LogP contribution in [0.4, 0.5) is 5.69 Å². The minimum Gasteiger partial charge on any atom is -0.463 e. The highest BCUT2D eigenvalue weighted by atomic mass is 127. The molecule has 3 amide bonds. The summed E-state index contributed by atoms with van der Waals surface area (Å²) in [5.41, 5.74) is -0.964. The number of ether oxygens (including phenoxy) is 7. The number of nitrogens with one attached hydrogen (secondary N) is 1. The molecule has 0 radical (unpaired) electrons. The molecule has 15 nitrogen and oxygen atoms in total. The smallest absolute Gasteiger partial charge is 0.362 e. The van der Waals surface area contributed by atoms with Gasteiger partial charge in [-0.25, -0.2) is 9.59 Å². The molecule has 2 aliphatic rings. The quantitative estimate of drug-likeness (QED) is 0.0676. The van der Waals surface area contributed by atoms with Crippen molar-refractivity contribution in [1.29, 1.82) is 0 Å². The predicted octanol–water partition coefficient (Wildman–Crippen LogP) is 3.58. The number of esters is 2. The van der Waals surface area contributed by atoms with Crippen LogP contribution >= 0.6 is 22.6 Å². The molecule has 2 heterocycles. The average Bonchev–Trinajstić information content (AvgIpc) is 3.84. The second-order valence-corrected chi connectivity index (χ2v) is 15.9. The number of hydrogen-bond donors (Lipinski definition) is 1. The summed E-state index contributed by atoms with van der Waals surface area (Å²) >= 11 is 2.20. The van der Waals surface area contributed by atoms with Gasteiger partial charge in [0.05, 0.1) is 39.6 Å². The predicted molar refractivity (Wildman–Crippen MR) is 219 cm³/mol. The zero-order valence-electron chi connectivity index (χ0n) is 33.5. The summed E-state index contributed by atoms with van der Waals surface area (Å²) in [7, 11) is 4.79. The van der Waals surface area contributed by atoms with E-state index in [1.165, 1.54) is 6.08 Å². The van der Waals surface area contributed by atoms with Gasteiger partial charge >= 0.3 is 17.5 Å². The molecule has 2 aliphatic heterocycles. The number of methoxy groups -OCH3 is 2. The van der Waals surface area contributed by atoms with Gasteiger partial charge in [0.25, 0.3) is 0 Å². The highest BCUT2D eigenvalue weighted by Gasteiger charge is 2.56. The molecule has 2 aromatic rings. The third kappa shape index (κ3) is 12.4. The molecule has 1 fully saturated rings. The summed E-state index contributed by atoms with van der Waals surface area (Å²) in [6, 6.07) is 10.9. The van der Waals surface area contributed by atoms with E-state index in [2.05, 4.69) is 27.9 Å². The Bertz CT molecular complexity index is 1700. The molecule has 312 valence electrons. The van der Waals surface area contributed by atoms with Crippen LogP contribution in [0.5, 0.6) is 5.75 Å². The lowest BCUT2D eigenvalue weighted by molar-refractivity contribution is -0.180. The van der Waals surface area contributed by atoms with E-state index >= 15 is 0 Å². The minimum atomic E-state index is -2.11. The van der Waals surface area contributed by atoms with Gasteiger partial charge in [-0.05, 0) is 88.9 Å². The SMILES string of the molecule is COCCOCCOC(=O)C1(C(=O)OCCOCCOC)Cc2cc(/C=C/C(=O)N[C@H](C(=O)N3CCC[C@H]3C(=O)N(C)c3ccc(I)cc3)C(C)(C)C)ccc2O1. The first-order valence-electron chi connectivity index (χ1n) is 18.8. The maximum absolute atomic E-state index is 14.1. The van der Waals surface area contributed by atoms with Crippen molar-refractivity contribution in [3.8, 4) is 5.75 Å². The second-order valence-electron chi connectivity index (χ2n) is 14.7. The van der Waals surface area contributed by atoms with Gasteiger partial charge < -0.3 is 48.3 Å². The number of likely N-dealkylation sites (tertiary alicyclic amines) is 1. The van der Waals surface area contributed by atoms with Gasteiger partial charge in [0.15, 0.2) is 0 Å². The van der Waals surface area contributed by atoms with Crippen LogP contribution in [0.15, 0.2) is 48.5 Å². The molecular weight excluding hydrogens is 853 g/mol. The number of amides is 3. The summed E-state index contributed by atoms with van der Waals surface area (Å²) in [4.78, 5) is 71.1. The van der Waals surface area contributed by atoms with Gasteiger partial charge in [0.2, 0.25) is 17.7 Å². The van der Waals surface area contributed by atoms with Gasteiger partial charge in [-0.2, -0.15) is 0 Å². The van der Waals surface area contributed by atoms with Gasteiger partial charge in [-0.1, -0.05) is 26.8 Å². The average molecular weight is 908 g/mol. The van der Waals surface area contributed by atoms with Crippen molar-refractivity contribution >= 4 is 64.0 Å². The molecule has 0 saturated carbocycles. The zero-order chi connectivity index (χ0) is 41.6. The van der Waals surface area contributed by atoms with Crippen LogP contribution in [-0.2, 0) is 58.8 Å². The van der Waals surface area contributed by atoms with E-state index in [1.807, 2.05) is 45.0 Å². The summed E-state index contributed by atoms with van der Waals surface area (Å²) in [5, 5.41) is 2.87. The van der Waals surface area contributed by atoms with Crippen LogP contribution in [0.25, 0.3) is 6.08 Å². The van der Waals surface area contributed by atoms with Crippen molar-refractivity contribution in [2.45, 2.75) is 57.7 Å². The number of likely N-dealkylation sites (N-methyl/N-ethyl adjacent to an activating group) is 1. The third-order valence-electron chi connectivity index (χ3n) is 9.45. The molecule has 0 bridgehead atoms. The Morgan fingerprint density at radius 2 is 1.51 bits per heavy atom. The first kappa shape index (κ1) is 45.6. The Balaban J connectivity index is 1.44. The van der Waals surface area contributed by atoms with Crippen LogP contribution in [0, 0.1) is 8.99 Å². The van der Waals surface area contributed by atoms with E-state index in [9.17, 15) is 24.0 Å². The zero-order valence-corrected chi connectivity index (χ0v) is 35.7. The topological polar surface area (TPSA) is 168 Å². The van der Waals surface area contributed by atoms with E-state index in [1.54, 1.807) is 55.3 Å². The van der Waals surface area contributed by atoms with Crippen LogP contribution in [0.3, 0.4) is 0 Å². The standard InChI is InChI=1S/C41H54IN3O12/c1-40(2,3)35(37(48)45-17-7-8-32(45)36(47)44(4)31-13-11-30(42)12-14-31)43-34(46)16-10-28-9-15-33-29(26-28)27-41(57-33,38(49)55-24-22-53-20-18-51-5)39(50)56-25-23-54-21-19-52-6/h9-16,26,32,35H,7-8,17-25,27H2,1-6H3,(H,43,46)/b16-10+/t32-,35+/m0/s1. The van der Waals surface area contributed by atoms with Crippen molar-refractivity contribution in [3.63, 3.8) is 0 Å². The van der Waals surface area contributed by atoms with Gasteiger partial charge in [-0.15, -0.1) is 0 Å². The number of benzene rings is 2. The number of rotatable bonds is 20. The molecule has 2 aromatic carbocycles. The Morgan fingerprint density at radius 1 is 0.912 bits per heavy atom.